The highest BCUT2D eigenvalue weighted by Crippen LogP contribution is 2.47. The molecule has 3 aliphatic heterocycles. The van der Waals surface area contributed by atoms with E-state index >= 15 is 0 Å². The van der Waals surface area contributed by atoms with Crippen LogP contribution in [-0.2, 0) is 47.0 Å². The number of likely N-dealkylation sites (N-methyl/N-ethyl adjacent to an activating group) is 1. The molecule has 1 saturated heterocycles. The third-order valence-corrected chi connectivity index (χ3v) is 12.6. The van der Waals surface area contributed by atoms with Gasteiger partial charge >= 0.3 is 12.2 Å². The maximum absolute atomic E-state index is 14.4. The third kappa shape index (κ3) is 7.91. The van der Waals surface area contributed by atoms with Gasteiger partial charge in [-0.15, -0.1) is 0 Å². The number of carbonyl (C=O) groups is 5. The fourth-order valence-corrected chi connectivity index (χ4v) is 8.88. The van der Waals surface area contributed by atoms with E-state index in [1.54, 1.807) is 32.9 Å². The van der Waals surface area contributed by atoms with E-state index in [-0.39, 0.29) is 38.9 Å². The van der Waals surface area contributed by atoms with E-state index in [1.807, 2.05) is 12.2 Å². The van der Waals surface area contributed by atoms with Crippen molar-refractivity contribution in [1.82, 2.24) is 24.7 Å². The van der Waals surface area contributed by atoms with Crippen molar-refractivity contribution < 1.29 is 46.3 Å². The second-order valence-corrected chi connectivity index (χ2v) is 17.8. The van der Waals surface area contributed by atoms with Crippen molar-refractivity contribution in [2.75, 3.05) is 13.6 Å². The highest BCUT2D eigenvalue weighted by molar-refractivity contribution is 7.90. The normalized spacial score (nSPS) is 28.6. The molecule has 0 aromatic heterocycles. The Bertz CT molecular complexity index is 1760. The molecule has 0 radical (unpaired) electrons. The second-order valence-electron chi connectivity index (χ2n) is 15.5. The van der Waals surface area contributed by atoms with Gasteiger partial charge in [-0.2, -0.15) is 0 Å². The molecule has 5 atom stereocenters. The molecule has 2 aliphatic carbocycles. The van der Waals surface area contributed by atoms with Crippen molar-refractivity contribution in [2.24, 2.45) is 5.92 Å². The largest absolute Gasteiger partial charge is 0.444 e. The van der Waals surface area contributed by atoms with E-state index in [0.717, 1.165) is 17.1 Å². The monoisotopic (exact) mass is 745 g/mol. The average molecular weight is 746 g/mol. The number of nitrogens with one attached hydrogen (secondary N) is 2. The first-order valence-corrected chi connectivity index (χ1v) is 19.5. The lowest BCUT2D eigenvalue weighted by atomic mass is 10.0. The summed E-state index contributed by atoms with van der Waals surface area (Å²) in [4.78, 5) is 71.4. The lowest BCUT2D eigenvalue weighted by Gasteiger charge is -2.31. The van der Waals surface area contributed by atoms with Crippen LogP contribution in [0.25, 0.3) is 0 Å². The smallest absolute Gasteiger partial charge is 0.410 e. The van der Waals surface area contributed by atoms with Crippen molar-refractivity contribution in [1.29, 1.82) is 0 Å². The Morgan fingerprint density at radius 1 is 1.08 bits per heavy atom. The van der Waals surface area contributed by atoms with Crippen LogP contribution in [0.1, 0.15) is 89.7 Å². The van der Waals surface area contributed by atoms with Gasteiger partial charge in [0.15, 0.2) is 0 Å². The van der Waals surface area contributed by atoms with E-state index in [2.05, 4.69) is 10.6 Å². The Labute approximate surface area is 303 Å². The Kier molecular flexibility index (Phi) is 10.3. The van der Waals surface area contributed by atoms with Crippen molar-refractivity contribution in [3.05, 3.63) is 47.3 Å². The molecule has 1 aromatic carbocycles. The minimum absolute atomic E-state index is 0.00117. The molecular formula is C36H48FN5O9S. The van der Waals surface area contributed by atoms with E-state index in [4.69, 9.17) is 9.47 Å². The number of carbonyl (C=O) groups excluding carboxylic acids is 5. The van der Waals surface area contributed by atoms with Crippen molar-refractivity contribution in [3.63, 3.8) is 0 Å². The number of rotatable bonds is 5. The minimum atomic E-state index is -3.91. The van der Waals surface area contributed by atoms with Gasteiger partial charge in [-0.3, -0.25) is 19.3 Å². The fourth-order valence-electron chi connectivity index (χ4n) is 7.31. The number of sulfonamides is 1. The van der Waals surface area contributed by atoms with Crippen LogP contribution in [-0.4, -0.2) is 101 Å². The van der Waals surface area contributed by atoms with Gasteiger partial charge in [-0.1, -0.05) is 37.1 Å². The van der Waals surface area contributed by atoms with Crippen LogP contribution in [0.3, 0.4) is 0 Å². The first-order valence-electron chi connectivity index (χ1n) is 18.0. The molecule has 52 heavy (non-hydrogen) atoms. The zero-order valence-corrected chi connectivity index (χ0v) is 30.9. The predicted octanol–water partition coefficient (Wildman–Crippen LogP) is 3.49. The summed E-state index contributed by atoms with van der Waals surface area (Å²) in [5.41, 5.74) is -1.35. The van der Waals surface area contributed by atoms with Crippen molar-refractivity contribution in [3.8, 4) is 0 Å². The van der Waals surface area contributed by atoms with Gasteiger partial charge in [0.2, 0.25) is 21.8 Å². The Morgan fingerprint density at radius 2 is 1.83 bits per heavy atom. The summed E-state index contributed by atoms with van der Waals surface area (Å²) in [6.45, 7) is 5.02. The molecular weight excluding hydrogens is 697 g/mol. The number of allylic oxidation sites excluding steroid dienone is 1. The maximum atomic E-state index is 14.4. The van der Waals surface area contributed by atoms with Gasteiger partial charge in [0.25, 0.3) is 5.91 Å². The summed E-state index contributed by atoms with van der Waals surface area (Å²) in [5, 5.41) is 4.86. The highest BCUT2D eigenvalue weighted by Gasteiger charge is 2.63. The first kappa shape index (κ1) is 37.5. The van der Waals surface area contributed by atoms with Crippen molar-refractivity contribution >= 4 is 39.9 Å². The number of hydrogen-bond acceptors (Lipinski definition) is 9. The van der Waals surface area contributed by atoms with E-state index in [0.29, 0.717) is 36.8 Å². The summed E-state index contributed by atoms with van der Waals surface area (Å²) < 4.78 is 52.6. The molecule has 2 N–H and O–H groups in total. The standard InChI is InChI=1S/C36H48FN5O9S/c1-35(2,3)51-33(46)38-28-14-9-7-5-6-8-12-23-18-36(23,32(45)40(4)52(48,49)25-15-16-25)39-30(43)29-17-24(20-42(29)31(28)44)50-34(47)41-19-22-11-10-13-27(37)26(22)21-41/h8,10-13,23-25,28-29H,5-7,9,14-21H2,1-4H3,(H,38,46)(H,39,43)/b12-8-/t23-,24-,28+,29+,36-/m1/s1. The third-order valence-electron chi connectivity index (χ3n) is 10.4. The van der Waals surface area contributed by atoms with Crippen LogP contribution in [0.15, 0.2) is 30.4 Å². The Balaban J connectivity index is 1.27. The van der Waals surface area contributed by atoms with Crippen LogP contribution in [0.2, 0.25) is 0 Å². The van der Waals surface area contributed by atoms with Crippen molar-refractivity contribution in [2.45, 2.75) is 126 Å². The van der Waals surface area contributed by atoms with Gasteiger partial charge in [0, 0.05) is 31.5 Å². The number of halogens is 1. The van der Waals surface area contributed by atoms with E-state index in [1.165, 1.54) is 22.9 Å². The minimum Gasteiger partial charge on any atom is -0.444 e. The molecule has 3 heterocycles. The Hall–Kier alpha value is -4.21. The van der Waals surface area contributed by atoms with E-state index < -0.39 is 86.2 Å². The fraction of sp³-hybridized carbons (Fsp3) is 0.639. The molecule has 1 aromatic rings. The molecule has 14 nitrogen and oxygen atoms in total. The zero-order valence-electron chi connectivity index (χ0n) is 30.1. The molecule has 284 valence electrons. The average Bonchev–Trinajstić information content (AvgIpc) is 3.95. The maximum Gasteiger partial charge on any atom is 0.410 e. The quantitative estimate of drug-likeness (QED) is 0.429. The topological polar surface area (TPSA) is 172 Å². The van der Waals surface area contributed by atoms with Gasteiger partial charge < -0.3 is 25.0 Å². The van der Waals surface area contributed by atoms with Crippen LogP contribution in [0, 0.1) is 11.7 Å². The number of nitrogens with zero attached hydrogens (tertiary/aromatic N) is 3. The molecule has 5 amide bonds. The van der Waals surface area contributed by atoms with Gasteiger partial charge in [0.05, 0.1) is 18.3 Å². The Morgan fingerprint density at radius 3 is 2.52 bits per heavy atom. The van der Waals surface area contributed by atoms with Gasteiger partial charge in [-0.05, 0) is 70.9 Å². The molecule has 3 fully saturated rings. The second kappa shape index (κ2) is 14.3. The molecule has 6 rings (SSSR count). The number of benzene rings is 1. The lowest BCUT2D eigenvalue weighted by molar-refractivity contribution is -0.141. The van der Waals surface area contributed by atoms with Crippen LogP contribution in [0.4, 0.5) is 14.0 Å². The lowest BCUT2D eigenvalue weighted by Crippen LogP contribution is -2.58. The molecule has 5 aliphatic rings. The number of fused-ring (bicyclic) bond motifs is 3. The van der Waals surface area contributed by atoms with Crippen LogP contribution in [0.5, 0.6) is 0 Å². The number of ether oxygens (including phenoxy) is 2. The molecule has 0 spiro atoms. The van der Waals surface area contributed by atoms with Gasteiger partial charge in [0.1, 0.15) is 35.1 Å². The van der Waals surface area contributed by atoms with Crippen LogP contribution >= 0.6 is 0 Å². The highest BCUT2D eigenvalue weighted by atomic mass is 32.2. The summed E-state index contributed by atoms with van der Waals surface area (Å²) in [6.07, 6.45) is 5.18. The first-order chi connectivity index (χ1) is 24.5. The number of amides is 5. The van der Waals surface area contributed by atoms with Gasteiger partial charge in [-0.25, -0.2) is 26.7 Å². The summed E-state index contributed by atoms with van der Waals surface area (Å²) in [7, 11) is -2.70. The molecule has 0 bridgehead atoms. The molecule has 2 saturated carbocycles. The predicted molar refractivity (Wildman–Crippen MR) is 185 cm³/mol. The molecule has 16 heteroatoms. The SMILES string of the molecule is CN(C(=O)[C@@]12C[C@H]1/C=C\CCCCC[C@H](NC(=O)OC(C)(C)C)C(=O)N1C[C@H](OC(=O)N3Cc4cccc(F)c4C3)C[C@H]1C(=O)N2)S(=O)(=O)C1CC1. The molecule has 0 unspecified atom stereocenters. The summed E-state index contributed by atoms with van der Waals surface area (Å²) in [5.74, 6) is -2.96. The summed E-state index contributed by atoms with van der Waals surface area (Å²) >= 11 is 0. The number of alkyl carbamates (subject to hydrolysis) is 1. The van der Waals surface area contributed by atoms with Crippen LogP contribution < -0.4 is 10.6 Å². The summed E-state index contributed by atoms with van der Waals surface area (Å²) in [6, 6.07) is 2.30. The zero-order chi connectivity index (χ0) is 37.6. The number of hydrogen-bond donors (Lipinski definition) is 2. The van der Waals surface area contributed by atoms with E-state index in [9.17, 15) is 36.8 Å².